The lowest BCUT2D eigenvalue weighted by Gasteiger charge is -1.99. The van der Waals surface area contributed by atoms with Crippen LogP contribution in [0.2, 0.25) is 0 Å². The van der Waals surface area contributed by atoms with Crippen LogP contribution in [0.15, 0.2) is 33.8 Å². The van der Waals surface area contributed by atoms with E-state index in [0.717, 1.165) is 34.4 Å². The van der Waals surface area contributed by atoms with Crippen LogP contribution >= 0.6 is 0 Å². The predicted molar refractivity (Wildman–Crippen MR) is 69.5 cm³/mol. The molecule has 0 fully saturated rings. The van der Waals surface area contributed by atoms with Gasteiger partial charge in [-0.1, -0.05) is 25.1 Å². The second-order valence-electron chi connectivity index (χ2n) is 4.40. The van der Waals surface area contributed by atoms with Gasteiger partial charge in [0.05, 0.1) is 6.42 Å². The number of hydrogen-bond acceptors (Lipinski definition) is 3. The second kappa shape index (κ2) is 3.98. The number of para-hydroxylation sites is 1. The van der Waals surface area contributed by atoms with Gasteiger partial charge in [0.1, 0.15) is 11.3 Å². The highest BCUT2D eigenvalue weighted by atomic mass is 16.3. The van der Waals surface area contributed by atoms with E-state index in [-0.39, 0.29) is 5.91 Å². The summed E-state index contributed by atoms with van der Waals surface area (Å²) in [6.07, 6.45) is 1.19. The molecule has 0 spiro atoms. The monoisotopic (exact) mass is 242 g/mol. The van der Waals surface area contributed by atoms with Crippen molar-refractivity contribution in [3.63, 3.8) is 0 Å². The number of hydrazone groups is 1. The maximum absolute atomic E-state index is 11.5. The Kier molecular flexibility index (Phi) is 2.44. The van der Waals surface area contributed by atoms with Crippen LogP contribution in [0.25, 0.3) is 11.0 Å². The van der Waals surface area contributed by atoms with Crippen molar-refractivity contribution < 1.29 is 9.21 Å². The van der Waals surface area contributed by atoms with Gasteiger partial charge in [0.2, 0.25) is 5.91 Å². The molecule has 0 atom stereocenters. The maximum atomic E-state index is 11.5. The van der Waals surface area contributed by atoms with Crippen LogP contribution in [-0.4, -0.2) is 23.7 Å². The molecule has 2 heterocycles. The molecule has 3 rings (SSSR count). The number of rotatable bonds is 2. The first-order valence-electron chi connectivity index (χ1n) is 6.05. The van der Waals surface area contributed by atoms with Crippen molar-refractivity contribution >= 4 is 22.6 Å². The molecule has 1 aliphatic rings. The van der Waals surface area contributed by atoms with Gasteiger partial charge in [-0.3, -0.25) is 4.79 Å². The summed E-state index contributed by atoms with van der Waals surface area (Å²) >= 11 is 0. The lowest BCUT2D eigenvalue weighted by atomic mass is 10.0. The SMILES string of the molecule is CCc1c(C2=NN(C)C(=O)C2)oc2ccccc12. The molecule has 1 aromatic carbocycles. The highest BCUT2D eigenvalue weighted by molar-refractivity contribution is 6.14. The summed E-state index contributed by atoms with van der Waals surface area (Å²) in [7, 11) is 1.67. The van der Waals surface area contributed by atoms with E-state index in [1.54, 1.807) is 7.05 Å². The first-order chi connectivity index (χ1) is 8.70. The molecule has 1 aromatic heterocycles. The van der Waals surface area contributed by atoms with E-state index in [1.165, 1.54) is 5.01 Å². The number of fused-ring (bicyclic) bond motifs is 1. The highest BCUT2D eigenvalue weighted by Gasteiger charge is 2.26. The minimum Gasteiger partial charge on any atom is -0.454 e. The smallest absolute Gasteiger partial charge is 0.248 e. The first-order valence-corrected chi connectivity index (χ1v) is 6.05. The van der Waals surface area contributed by atoms with Crippen LogP contribution < -0.4 is 0 Å². The van der Waals surface area contributed by atoms with Crippen molar-refractivity contribution in [1.29, 1.82) is 0 Å². The van der Waals surface area contributed by atoms with Crippen molar-refractivity contribution in [1.82, 2.24) is 5.01 Å². The molecule has 4 heteroatoms. The van der Waals surface area contributed by atoms with Gasteiger partial charge in [0, 0.05) is 18.0 Å². The van der Waals surface area contributed by atoms with Gasteiger partial charge in [-0.05, 0) is 12.5 Å². The number of nitrogens with zero attached hydrogens (tertiary/aromatic N) is 2. The Morgan fingerprint density at radius 3 is 2.83 bits per heavy atom. The van der Waals surface area contributed by atoms with Crippen molar-refractivity contribution in [2.45, 2.75) is 19.8 Å². The molecule has 0 saturated carbocycles. The number of carbonyl (C=O) groups is 1. The van der Waals surface area contributed by atoms with Crippen LogP contribution in [0.1, 0.15) is 24.7 Å². The number of hydrogen-bond donors (Lipinski definition) is 0. The number of aryl methyl sites for hydroxylation is 1. The average Bonchev–Trinajstić information content (AvgIpc) is 2.90. The predicted octanol–water partition coefficient (Wildman–Crippen LogP) is 2.56. The molecule has 0 unspecified atom stereocenters. The van der Waals surface area contributed by atoms with E-state index in [1.807, 2.05) is 24.3 Å². The van der Waals surface area contributed by atoms with Gasteiger partial charge in [0.25, 0.3) is 0 Å². The Morgan fingerprint density at radius 1 is 1.39 bits per heavy atom. The number of carbonyl (C=O) groups excluding carboxylic acids is 1. The quantitative estimate of drug-likeness (QED) is 0.812. The second-order valence-corrected chi connectivity index (χ2v) is 4.40. The minimum absolute atomic E-state index is 0.00695. The first kappa shape index (κ1) is 11.0. The van der Waals surface area contributed by atoms with Crippen LogP contribution in [0.4, 0.5) is 0 Å². The van der Waals surface area contributed by atoms with Crippen LogP contribution in [-0.2, 0) is 11.2 Å². The van der Waals surface area contributed by atoms with E-state index in [9.17, 15) is 4.79 Å². The van der Waals surface area contributed by atoms with Crippen molar-refractivity contribution in [2.75, 3.05) is 7.05 Å². The van der Waals surface area contributed by atoms with Crippen LogP contribution in [0.3, 0.4) is 0 Å². The molecule has 0 aliphatic carbocycles. The minimum atomic E-state index is 0.00695. The molecule has 0 bridgehead atoms. The Balaban J connectivity index is 2.18. The van der Waals surface area contributed by atoms with Crippen molar-refractivity contribution in [3.05, 3.63) is 35.6 Å². The van der Waals surface area contributed by atoms with Gasteiger partial charge < -0.3 is 4.42 Å². The molecule has 1 aliphatic heterocycles. The van der Waals surface area contributed by atoms with Gasteiger partial charge in [-0.15, -0.1) is 0 Å². The molecule has 0 radical (unpaired) electrons. The van der Waals surface area contributed by atoms with E-state index >= 15 is 0 Å². The number of amides is 1. The van der Waals surface area contributed by atoms with E-state index in [4.69, 9.17) is 4.42 Å². The molecule has 92 valence electrons. The van der Waals surface area contributed by atoms with Crippen LogP contribution in [0, 0.1) is 0 Å². The average molecular weight is 242 g/mol. The Hall–Kier alpha value is -2.10. The zero-order valence-corrected chi connectivity index (χ0v) is 10.4. The molecule has 4 nitrogen and oxygen atoms in total. The lowest BCUT2D eigenvalue weighted by molar-refractivity contribution is -0.127. The summed E-state index contributed by atoms with van der Waals surface area (Å²) in [6.45, 7) is 2.09. The Bertz CT molecular complexity index is 655. The summed E-state index contributed by atoms with van der Waals surface area (Å²) in [6, 6.07) is 7.93. The normalized spacial score (nSPS) is 15.6. The van der Waals surface area contributed by atoms with Gasteiger partial charge in [-0.2, -0.15) is 5.10 Å². The zero-order valence-electron chi connectivity index (χ0n) is 10.4. The van der Waals surface area contributed by atoms with E-state index in [0.29, 0.717) is 6.42 Å². The largest absolute Gasteiger partial charge is 0.454 e. The molecular weight excluding hydrogens is 228 g/mol. The third-order valence-corrected chi connectivity index (χ3v) is 3.26. The number of benzene rings is 1. The van der Waals surface area contributed by atoms with Crippen molar-refractivity contribution in [3.8, 4) is 0 Å². The van der Waals surface area contributed by atoms with E-state index in [2.05, 4.69) is 12.0 Å². The fraction of sp³-hybridized carbons (Fsp3) is 0.286. The summed E-state index contributed by atoms with van der Waals surface area (Å²) < 4.78 is 5.86. The summed E-state index contributed by atoms with van der Waals surface area (Å²) in [4.78, 5) is 11.5. The Labute approximate surface area is 105 Å². The molecule has 18 heavy (non-hydrogen) atoms. The Morgan fingerprint density at radius 2 is 2.17 bits per heavy atom. The third-order valence-electron chi connectivity index (χ3n) is 3.26. The molecule has 2 aromatic rings. The van der Waals surface area contributed by atoms with Gasteiger partial charge in [-0.25, -0.2) is 5.01 Å². The van der Waals surface area contributed by atoms with Crippen LogP contribution in [0.5, 0.6) is 0 Å². The standard InChI is InChI=1S/C14H14N2O2/c1-3-9-10-6-4-5-7-12(10)18-14(9)11-8-13(17)16(2)15-11/h4-7H,3,8H2,1-2H3. The fourth-order valence-corrected chi connectivity index (χ4v) is 2.34. The molecule has 0 N–H and O–H groups in total. The molecule has 1 amide bonds. The van der Waals surface area contributed by atoms with Crippen molar-refractivity contribution in [2.24, 2.45) is 5.10 Å². The van der Waals surface area contributed by atoms with Gasteiger partial charge >= 0.3 is 0 Å². The molecular formula is C14H14N2O2. The zero-order chi connectivity index (χ0) is 12.7. The third kappa shape index (κ3) is 1.53. The topological polar surface area (TPSA) is 45.8 Å². The summed E-state index contributed by atoms with van der Waals surface area (Å²) in [5.74, 6) is 0.768. The highest BCUT2D eigenvalue weighted by Crippen LogP contribution is 2.29. The fourth-order valence-electron chi connectivity index (χ4n) is 2.34. The summed E-state index contributed by atoms with van der Waals surface area (Å²) in [5, 5.41) is 6.74. The summed E-state index contributed by atoms with van der Waals surface area (Å²) in [5.41, 5.74) is 2.72. The maximum Gasteiger partial charge on any atom is 0.248 e. The number of furan rings is 1. The molecule has 0 saturated heterocycles. The van der Waals surface area contributed by atoms with E-state index < -0.39 is 0 Å². The van der Waals surface area contributed by atoms with Gasteiger partial charge in [0.15, 0.2) is 5.76 Å². The lowest BCUT2D eigenvalue weighted by Crippen LogP contribution is -2.14.